The molecule has 3 N–H and O–H groups in total. The highest BCUT2D eigenvalue weighted by Crippen LogP contribution is 2.52. The lowest BCUT2D eigenvalue weighted by Gasteiger charge is -2.47. The topological polar surface area (TPSA) is 103 Å². The summed E-state index contributed by atoms with van der Waals surface area (Å²) in [6.07, 6.45) is 6.90. The van der Waals surface area contributed by atoms with Crippen molar-refractivity contribution in [1.29, 1.82) is 0 Å². The fourth-order valence-electron chi connectivity index (χ4n) is 4.50. The van der Waals surface area contributed by atoms with Crippen LogP contribution in [0.25, 0.3) is 11.1 Å². The molecule has 26 heavy (non-hydrogen) atoms. The van der Waals surface area contributed by atoms with Crippen molar-refractivity contribution in [2.75, 3.05) is 6.61 Å². The van der Waals surface area contributed by atoms with Crippen molar-refractivity contribution in [2.45, 2.75) is 37.0 Å². The summed E-state index contributed by atoms with van der Waals surface area (Å²) in [5.74, 6) is 0.840. The van der Waals surface area contributed by atoms with E-state index >= 15 is 0 Å². The Balaban J connectivity index is 1.67. The van der Waals surface area contributed by atoms with E-state index < -0.39 is 5.54 Å². The van der Waals surface area contributed by atoms with Gasteiger partial charge in [0.1, 0.15) is 30.3 Å². The molecular weight excluding hydrogens is 332 g/mol. The number of amidine groups is 1. The monoisotopic (exact) mass is 352 g/mol. The summed E-state index contributed by atoms with van der Waals surface area (Å²) in [6.45, 7) is 0.373. The van der Waals surface area contributed by atoms with Crippen LogP contribution in [0.1, 0.15) is 24.8 Å². The molecule has 3 unspecified atom stereocenters. The number of hydrogen-bond acceptors (Lipinski definition) is 7. The predicted octanol–water partition coefficient (Wildman–Crippen LogP) is 1.61. The van der Waals surface area contributed by atoms with E-state index in [0.29, 0.717) is 13.0 Å². The van der Waals surface area contributed by atoms with E-state index in [-0.39, 0.29) is 24.1 Å². The zero-order valence-corrected chi connectivity index (χ0v) is 14.2. The molecule has 134 valence electrons. The van der Waals surface area contributed by atoms with Crippen LogP contribution >= 0.6 is 0 Å². The van der Waals surface area contributed by atoms with Gasteiger partial charge in [-0.05, 0) is 37.0 Å². The van der Waals surface area contributed by atoms with Crippen LogP contribution < -0.4 is 10.5 Å². The van der Waals surface area contributed by atoms with Gasteiger partial charge in [-0.2, -0.15) is 0 Å². The van der Waals surface area contributed by atoms with Gasteiger partial charge < -0.3 is 20.3 Å². The van der Waals surface area contributed by atoms with E-state index in [1.54, 1.807) is 12.4 Å². The number of nitrogens with two attached hydrogens (primary N) is 1. The van der Waals surface area contributed by atoms with Crippen molar-refractivity contribution < 1.29 is 14.6 Å². The second-order valence-electron chi connectivity index (χ2n) is 7.23. The van der Waals surface area contributed by atoms with Crippen molar-refractivity contribution in [2.24, 2.45) is 16.6 Å². The van der Waals surface area contributed by atoms with Crippen LogP contribution in [-0.4, -0.2) is 39.9 Å². The summed E-state index contributed by atoms with van der Waals surface area (Å²) in [6, 6.07) is 6.25. The molecule has 1 aliphatic carbocycles. The van der Waals surface area contributed by atoms with Crippen molar-refractivity contribution in [3.8, 4) is 16.9 Å². The van der Waals surface area contributed by atoms with E-state index in [2.05, 4.69) is 16.0 Å². The smallest absolute Gasteiger partial charge is 0.283 e. The van der Waals surface area contributed by atoms with Crippen molar-refractivity contribution >= 4 is 6.02 Å². The zero-order chi connectivity index (χ0) is 17.7. The molecule has 4 atom stereocenters. The molecule has 0 amide bonds. The molecular formula is C19H20N4O3. The van der Waals surface area contributed by atoms with Gasteiger partial charge in [0.25, 0.3) is 6.02 Å². The van der Waals surface area contributed by atoms with E-state index in [0.717, 1.165) is 35.3 Å². The van der Waals surface area contributed by atoms with Crippen LogP contribution in [0.5, 0.6) is 5.75 Å². The maximum Gasteiger partial charge on any atom is 0.283 e. The molecule has 7 nitrogen and oxygen atoms in total. The summed E-state index contributed by atoms with van der Waals surface area (Å²) in [5, 5.41) is 10.2. The van der Waals surface area contributed by atoms with E-state index in [1.807, 2.05) is 12.1 Å². The Morgan fingerprint density at radius 2 is 2.00 bits per heavy atom. The average Bonchev–Trinajstić information content (AvgIpc) is 3.06. The molecule has 1 spiro atoms. The predicted molar refractivity (Wildman–Crippen MR) is 94.5 cm³/mol. The van der Waals surface area contributed by atoms with Crippen LogP contribution in [-0.2, 0) is 10.3 Å². The van der Waals surface area contributed by atoms with Crippen molar-refractivity contribution in [3.05, 3.63) is 42.5 Å². The molecule has 5 rings (SSSR count). The molecule has 2 aliphatic heterocycles. The van der Waals surface area contributed by atoms with Gasteiger partial charge in [0.2, 0.25) is 0 Å². The number of fused-ring (bicyclic) bond motifs is 4. The molecule has 1 aromatic heterocycles. The number of hydrogen-bond donors (Lipinski definition) is 2. The van der Waals surface area contributed by atoms with E-state index in [1.165, 1.54) is 6.33 Å². The fourth-order valence-corrected chi connectivity index (χ4v) is 4.50. The minimum Gasteiger partial charge on any atom is -0.490 e. The Morgan fingerprint density at radius 1 is 1.15 bits per heavy atom. The standard InChI is InChI=1S/C19H20N4O3/c20-18-23-19(9-25-18)14-5-11(12-7-21-10-22-8-12)1-3-16(14)26-17-4-2-13(24)6-15(17)19/h1,3,5,7-8,10,13,15,17,24H,2,4,6,9H2,(H2,20,23)/t13?,15?,17-,19?/m0/s1. The summed E-state index contributed by atoms with van der Waals surface area (Å²) in [4.78, 5) is 12.9. The molecule has 1 fully saturated rings. The number of aliphatic hydroxyl groups excluding tert-OH is 1. The molecule has 0 saturated heterocycles. The Hall–Kier alpha value is -2.67. The van der Waals surface area contributed by atoms with Crippen LogP contribution in [0.15, 0.2) is 41.9 Å². The Morgan fingerprint density at radius 3 is 2.77 bits per heavy atom. The minimum absolute atomic E-state index is 0.00931. The summed E-state index contributed by atoms with van der Waals surface area (Å²) >= 11 is 0. The van der Waals surface area contributed by atoms with E-state index in [4.69, 9.17) is 20.2 Å². The van der Waals surface area contributed by atoms with Gasteiger partial charge >= 0.3 is 0 Å². The largest absolute Gasteiger partial charge is 0.490 e. The number of aliphatic imine (C=N–C) groups is 1. The van der Waals surface area contributed by atoms with Gasteiger partial charge in [0.15, 0.2) is 0 Å². The zero-order valence-electron chi connectivity index (χ0n) is 14.2. The Labute approximate surface area is 150 Å². The molecule has 0 bridgehead atoms. The fraction of sp³-hybridized carbons (Fsp3) is 0.421. The second kappa shape index (κ2) is 5.67. The van der Waals surface area contributed by atoms with Crippen LogP contribution in [0.2, 0.25) is 0 Å². The molecule has 3 heterocycles. The highest BCUT2D eigenvalue weighted by molar-refractivity contribution is 5.75. The van der Waals surface area contributed by atoms with Gasteiger partial charge in [-0.25, -0.2) is 15.0 Å². The number of ether oxygens (including phenoxy) is 2. The van der Waals surface area contributed by atoms with Crippen molar-refractivity contribution in [3.63, 3.8) is 0 Å². The third-order valence-electron chi connectivity index (χ3n) is 5.74. The van der Waals surface area contributed by atoms with Crippen molar-refractivity contribution in [1.82, 2.24) is 9.97 Å². The normalized spacial score (nSPS) is 32.2. The molecule has 0 radical (unpaired) electrons. The van der Waals surface area contributed by atoms with E-state index in [9.17, 15) is 5.11 Å². The first-order valence-corrected chi connectivity index (χ1v) is 8.88. The molecule has 1 saturated carbocycles. The maximum absolute atomic E-state index is 10.2. The highest BCUT2D eigenvalue weighted by Gasteiger charge is 2.55. The maximum atomic E-state index is 10.2. The second-order valence-corrected chi connectivity index (χ2v) is 7.23. The summed E-state index contributed by atoms with van der Waals surface area (Å²) in [7, 11) is 0. The average molecular weight is 352 g/mol. The SMILES string of the molecule is NC1=NC2(CO1)c1cc(-c3cncnc3)ccc1O[C@H]1CCC(O)CC12. The lowest BCUT2D eigenvalue weighted by atomic mass is 9.67. The first-order valence-electron chi connectivity index (χ1n) is 8.88. The molecule has 3 aliphatic rings. The third kappa shape index (κ3) is 2.27. The van der Waals surface area contributed by atoms with Gasteiger partial charge in [0, 0.05) is 29.4 Å². The third-order valence-corrected chi connectivity index (χ3v) is 5.74. The minimum atomic E-state index is -0.616. The Bertz CT molecular complexity index is 872. The number of aromatic nitrogens is 2. The number of aliphatic hydroxyl groups is 1. The van der Waals surface area contributed by atoms with Gasteiger partial charge in [-0.3, -0.25) is 0 Å². The lowest BCUT2D eigenvalue weighted by Crippen LogP contribution is -2.51. The first kappa shape index (κ1) is 15.6. The number of benzene rings is 1. The lowest BCUT2D eigenvalue weighted by molar-refractivity contribution is -0.0359. The molecule has 1 aromatic carbocycles. The van der Waals surface area contributed by atoms with Crippen LogP contribution in [0.4, 0.5) is 0 Å². The molecule has 2 aromatic rings. The summed E-state index contributed by atoms with van der Waals surface area (Å²) in [5.41, 5.74) is 8.16. The quantitative estimate of drug-likeness (QED) is 0.808. The number of nitrogens with zero attached hydrogens (tertiary/aromatic N) is 3. The van der Waals surface area contributed by atoms with Crippen LogP contribution in [0, 0.1) is 5.92 Å². The summed E-state index contributed by atoms with van der Waals surface area (Å²) < 4.78 is 11.9. The van der Waals surface area contributed by atoms with Gasteiger partial charge in [-0.1, -0.05) is 6.07 Å². The molecule has 7 heteroatoms. The highest BCUT2D eigenvalue weighted by atomic mass is 16.5. The van der Waals surface area contributed by atoms with Gasteiger partial charge in [0.05, 0.1) is 6.10 Å². The van der Waals surface area contributed by atoms with Crippen LogP contribution in [0.3, 0.4) is 0 Å². The Kier molecular flexibility index (Phi) is 3.40. The number of rotatable bonds is 1. The first-order chi connectivity index (χ1) is 12.7. The van der Waals surface area contributed by atoms with Gasteiger partial charge in [-0.15, -0.1) is 0 Å².